The monoisotopic (exact) mass is 306 g/mol. The number of hydrogen-bond acceptors (Lipinski definition) is 4. The highest BCUT2D eigenvalue weighted by molar-refractivity contribution is 6.04. The van der Waals surface area contributed by atoms with E-state index in [9.17, 15) is 14.4 Å². The van der Waals surface area contributed by atoms with Crippen molar-refractivity contribution in [3.8, 4) is 0 Å². The summed E-state index contributed by atoms with van der Waals surface area (Å²) in [7, 11) is 1.77. The molecule has 0 bridgehead atoms. The molecule has 0 aliphatic carbocycles. The van der Waals surface area contributed by atoms with Gasteiger partial charge in [-0.1, -0.05) is 19.1 Å². The van der Waals surface area contributed by atoms with E-state index in [2.05, 4.69) is 16.0 Å². The summed E-state index contributed by atoms with van der Waals surface area (Å²) in [6.07, 6.45) is 0.0689. The minimum absolute atomic E-state index is 0.0689. The number of primary amides is 1. The van der Waals surface area contributed by atoms with E-state index in [0.29, 0.717) is 17.8 Å². The molecule has 22 heavy (non-hydrogen) atoms. The van der Waals surface area contributed by atoms with E-state index in [1.165, 1.54) is 0 Å². The maximum Gasteiger partial charge on any atom is 0.253 e. The van der Waals surface area contributed by atoms with Crippen molar-refractivity contribution in [3.63, 3.8) is 0 Å². The van der Waals surface area contributed by atoms with E-state index in [-0.39, 0.29) is 30.7 Å². The molecular weight excluding hydrogens is 284 g/mol. The number of amides is 3. The van der Waals surface area contributed by atoms with E-state index in [1.807, 2.05) is 0 Å². The van der Waals surface area contributed by atoms with Crippen LogP contribution in [0.1, 0.15) is 23.7 Å². The summed E-state index contributed by atoms with van der Waals surface area (Å²) < 4.78 is 0. The number of carbonyl (C=O) groups excluding carboxylic acids is 3. The number of carbonyl (C=O) groups is 3. The molecule has 0 radical (unpaired) electrons. The minimum Gasteiger partial charge on any atom is -0.370 e. The molecule has 5 N–H and O–H groups in total. The Bertz CT molecular complexity index is 545. The number of hydrogen-bond donors (Lipinski definition) is 4. The van der Waals surface area contributed by atoms with Gasteiger partial charge in [-0.25, -0.2) is 0 Å². The van der Waals surface area contributed by atoms with Crippen LogP contribution in [-0.2, 0) is 9.59 Å². The van der Waals surface area contributed by atoms with Gasteiger partial charge in [-0.3, -0.25) is 14.4 Å². The number of nitrogens with two attached hydrogens (primary N) is 1. The molecule has 0 saturated carbocycles. The van der Waals surface area contributed by atoms with E-state index < -0.39 is 5.91 Å². The van der Waals surface area contributed by atoms with Crippen LogP contribution >= 0.6 is 0 Å². The van der Waals surface area contributed by atoms with Crippen LogP contribution in [0.5, 0.6) is 0 Å². The van der Waals surface area contributed by atoms with Crippen LogP contribution in [0.3, 0.4) is 0 Å². The molecule has 7 heteroatoms. The van der Waals surface area contributed by atoms with Gasteiger partial charge < -0.3 is 21.7 Å². The lowest BCUT2D eigenvalue weighted by Crippen LogP contribution is -2.31. The zero-order valence-electron chi connectivity index (χ0n) is 12.8. The van der Waals surface area contributed by atoms with Gasteiger partial charge in [0.2, 0.25) is 11.8 Å². The van der Waals surface area contributed by atoms with Crippen molar-refractivity contribution in [2.75, 3.05) is 25.5 Å². The van der Waals surface area contributed by atoms with Gasteiger partial charge >= 0.3 is 0 Å². The van der Waals surface area contributed by atoms with Gasteiger partial charge in [0.15, 0.2) is 0 Å². The predicted octanol–water partition coefficient (Wildman–Crippen LogP) is 0.0858. The fourth-order valence-electron chi connectivity index (χ4n) is 1.84. The lowest BCUT2D eigenvalue weighted by Gasteiger charge is -2.14. The average molecular weight is 306 g/mol. The second-order valence-electron chi connectivity index (χ2n) is 4.97. The first kappa shape index (κ1) is 17.6. The first-order valence-electron chi connectivity index (χ1n) is 7.06. The maximum atomic E-state index is 12.1. The van der Waals surface area contributed by atoms with Crippen molar-refractivity contribution in [2.24, 2.45) is 11.7 Å². The van der Waals surface area contributed by atoms with Crippen molar-refractivity contribution in [1.29, 1.82) is 0 Å². The van der Waals surface area contributed by atoms with Gasteiger partial charge in [0.25, 0.3) is 5.91 Å². The highest BCUT2D eigenvalue weighted by atomic mass is 16.2. The summed E-state index contributed by atoms with van der Waals surface area (Å²) in [5.41, 5.74) is 5.80. The smallest absolute Gasteiger partial charge is 0.253 e. The van der Waals surface area contributed by atoms with E-state index in [1.54, 1.807) is 38.2 Å². The molecule has 3 amide bonds. The zero-order chi connectivity index (χ0) is 16.5. The third-order valence-corrected chi connectivity index (χ3v) is 3.04. The van der Waals surface area contributed by atoms with Crippen molar-refractivity contribution in [3.05, 3.63) is 29.8 Å². The third-order valence-electron chi connectivity index (χ3n) is 3.04. The molecule has 1 unspecified atom stereocenters. The number of para-hydroxylation sites is 1. The molecule has 0 saturated heterocycles. The Morgan fingerprint density at radius 2 is 1.91 bits per heavy atom. The second-order valence-corrected chi connectivity index (χ2v) is 4.97. The first-order chi connectivity index (χ1) is 10.5. The fourth-order valence-corrected chi connectivity index (χ4v) is 1.84. The van der Waals surface area contributed by atoms with Crippen LogP contribution in [0.4, 0.5) is 5.69 Å². The molecule has 0 fully saturated rings. The molecular formula is C15H22N4O3. The molecule has 1 aromatic carbocycles. The summed E-state index contributed by atoms with van der Waals surface area (Å²) in [5.74, 6) is -1.25. The Labute approximate surface area is 129 Å². The van der Waals surface area contributed by atoms with Crippen LogP contribution in [0, 0.1) is 5.92 Å². The van der Waals surface area contributed by atoms with Crippen molar-refractivity contribution >= 4 is 23.4 Å². The van der Waals surface area contributed by atoms with E-state index >= 15 is 0 Å². The fraction of sp³-hybridized carbons (Fsp3) is 0.400. The molecule has 0 spiro atoms. The molecule has 0 heterocycles. The number of nitrogens with one attached hydrogen (secondary N) is 3. The van der Waals surface area contributed by atoms with Crippen LogP contribution in [0.2, 0.25) is 0 Å². The quantitative estimate of drug-likeness (QED) is 0.545. The lowest BCUT2D eigenvalue weighted by atomic mass is 10.1. The summed E-state index contributed by atoms with van der Waals surface area (Å²) in [6.45, 7) is 2.49. The van der Waals surface area contributed by atoms with E-state index in [0.717, 1.165) is 0 Å². The summed E-state index contributed by atoms with van der Waals surface area (Å²) in [6, 6.07) is 6.71. The van der Waals surface area contributed by atoms with Gasteiger partial charge in [-0.05, 0) is 19.2 Å². The summed E-state index contributed by atoms with van der Waals surface area (Å²) in [5, 5.41) is 8.26. The SMILES string of the molecule is CNCC(C)C(=O)Nc1ccccc1C(=O)NCCC(N)=O. The molecule has 1 rings (SSSR count). The van der Waals surface area contributed by atoms with Gasteiger partial charge in [-0.15, -0.1) is 0 Å². The maximum absolute atomic E-state index is 12.1. The Morgan fingerprint density at radius 1 is 1.23 bits per heavy atom. The first-order valence-corrected chi connectivity index (χ1v) is 7.06. The normalized spacial score (nSPS) is 11.5. The topological polar surface area (TPSA) is 113 Å². The van der Waals surface area contributed by atoms with Crippen molar-refractivity contribution in [1.82, 2.24) is 10.6 Å². The Balaban J connectivity index is 2.74. The Morgan fingerprint density at radius 3 is 2.55 bits per heavy atom. The predicted molar refractivity (Wildman–Crippen MR) is 84.3 cm³/mol. The number of anilines is 1. The van der Waals surface area contributed by atoms with Gasteiger partial charge in [0.1, 0.15) is 0 Å². The molecule has 1 aromatic rings. The van der Waals surface area contributed by atoms with Gasteiger partial charge in [0.05, 0.1) is 11.3 Å². The standard InChI is InChI=1S/C15H22N4O3/c1-10(9-17-2)14(21)19-12-6-4-3-5-11(12)15(22)18-8-7-13(16)20/h3-6,10,17H,7-9H2,1-2H3,(H2,16,20)(H,18,22)(H,19,21). The largest absolute Gasteiger partial charge is 0.370 e. The molecule has 0 aliphatic heterocycles. The van der Waals surface area contributed by atoms with Gasteiger partial charge in [0, 0.05) is 25.4 Å². The Hall–Kier alpha value is -2.41. The molecule has 0 aromatic heterocycles. The molecule has 1 atom stereocenters. The zero-order valence-corrected chi connectivity index (χ0v) is 12.8. The Kier molecular flexibility index (Phi) is 7.04. The lowest BCUT2D eigenvalue weighted by molar-refractivity contribution is -0.119. The second kappa shape index (κ2) is 8.78. The summed E-state index contributed by atoms with van der Waals surface area (Å²) in [4.78, 5) is 34.8. The summed E-state index contributed by atoms with van der Waals surface area (Å²) >= 11 is 0. The van der Waals surface area contributed by atoms with Crippen LogP contribution < -0.4 is 21.7 Å². The highest BCUT2D eigenvalue weighted by Gasteiger charge is 2.16. The highest BCUT2D eigenvalue weighted by Crippen LogP contribution is 2.16. The van der Waals surface area contributed by atoms with Crippen LogP contribution in [0.15, 0.2) is 24.3 Å². The van der Waals surface area contributed by atoms with E-state index in [4.69, 9.17) is 5.73 Å². The molecule has 7 nitrogen and oxygen atoms in total. The van der Waals surface area contributed by atoms with Crippen molar-refractivity contribution < 1.29 is 14.4 Å². The molecule has 0 aliphatic rings. The average Bonchev–Trinajstić information content (AvgIpc) is 2.47. The number of benzene rings is 1. The van der Waals surface area contributed by atoms with Crippen LogP contribution in [0.25, 0.3) is 0 Å². The molecule has 120 valence electrons. The van der Waals surface area contributed by atoms with Crippen molar-refractivity contribution in [2.45, 2.75) is 13.3 Å². The van der Waals surface area contributed by atoms with Crippen LogP contribution in [-0.4, -0.2) is 37.9 Å². The number of rotatable bonds is 8. The minimum atomic E-state index is -0.484. The third kappa shape index (κ3) is 5.53. The van der Waals surface area contributed by atoms with Gasteiger partial charge in [-0.2, -0.15) is 0 Å².